The molecule has 0 saturated heterocycles. The van der Waals surface area contributed by atoms with Crippen LogP contribution in [0.5, 0.6) is 0 Å². The Morgan fingerprint density at radius 1 is 1.40 bits per heavy atom. The first-order valence-electron chi connectivity index (χ1n) is 4.35. The van der Waals surface area contributed by atoms with Crippen LogP contribution >= 0.6 is 0 Å². The molecular formula is C9H18O. The summed E-state index contributed by atoms with van der Waals surface area (Å²) in [4.78, 5) is 0. The molecule has 1 saturated carbocycles. The molecule has 0 aromatic rings. The van der Waals surface area contributed by atoms with Crippen molar-refractivity contribution >= 4 is 0 Å². The summed E-state index contributed by atoms with van der Waals surface area (Å²) in [6, 6.07) is 0. The molecule has 60 valence electrons. The summed E-state index contributed by atoms with van der Waals surface area (Å²) in [7, 11) is 0. The van der Waals surface area contributed by atoms with Crippen LogP contribution in [0.4, 0.5) is 0 Å². The smallest absolute Gasteiger partial charge is 0.0648 e. The molecule has 1 nitrogen and oxygen atoms in total. The zero-order valence-electron chi connectivity index (χ0n) is 7.06. The first kappa shape index (κ1) is 8.06. The van der Waals surface area contributed by atoms with Crippen LogP contribution in [-0.4, -0.2) is 10.7 Å². The molecule has 0 radical (unpaired) electrons. The highest BCUT2D eigenvalue weighted by atomic mass is 16.3. The maximum atomic E-state index is 9.66. The lowest BCUT2D eigenvalue weighted by molar-refractivity contribution is -0.0438. The van der Waals surface area contributed by atoms with E-state index >= 15 is 0 Å². The fourth-order valence-corrected chi connectivity index (χ4v) is 1.39. The van der Waals surface area contributed by atoms with Gasteiger partial charge < -0.3 is 5.11 Å². The van der Waals surface area contributed by atoms with Gasteiger partial charge in [-0.2, -0.15) is 0 Å². The minimum Gasteiger partial charge on any atom is -0.390 e. The third kappa shape index (κ3) is 1.98. The molecule has 0 heterocycles. The van der Waals surface area contributed by atoms with E-state index in [-0.39, 0.29) is 5.60 Å². The molecule has 0 aliphatic heterocycles. The van der Waals surface area contributed by atoms with Crippen LogP contribution in [0.3, 0.4) is 0 Å². The predicted molar refractivity (Wildman–Crippen MR) is 42.9 cm³/mol. The Kier molecular flexibility index (Phi) is 2.35. The van der Waals surface area contributed by atoms with Gasteiger partial charge in [-0.05, 0) is 38.0 Å². The van der Waals surface area contributed by atoms with Crippen molar-refractivity contribution in [3.05, 3.63) is 0 Å². The van der Waals surface area contributed by atoms with Gasteiger partial charge in [-0.3, -0.25) is 0 Å². The van der Waals surface area contributed by atoms with Crippen LogP contribution in [-0.2, 0) is 0 Å². The number of aliphatic hydroxyl groups is 1. The van der Waals surface area contributed by atoms with Gasteiger partial charge in [0.25, 0.3) is 0 Å². The highest BCUT2D eigenvalue weighted by Crippen LogP contribution is 2.36. The maximum Gasteiger partial charge on any atom is 0.0648 e. The van der Waals surface area contributed by atoms with Crippen LogP contribution in [0.25, 0.3) is 0 Å². The Morgan fingerprint density at radius 2 is 2.00 bits per heavy atom. The molecule has 0 amide bonds. The average Bonchev–Trinajstić information content (AvgIpc) is 1.79. The van der Waals surface area contributed by atoms with Crippen molar-refractivity contribution in [2.75, 3.05) is 0 Å². The number of rotatable bonds is 3. The third-order valence-corrected chi connectivity index (χ3v) is 2.47. The minimum absolute atomic E-state index is 0.246. The van der Waals surface area contributed by atoms with E-state index in [2.05, 4.69) is 13.8 Å². The summed E-state index contributed by atoms with van der Waals surface area (Å²) < 4.78 is 0. The molecule has 1 heteroatoms. The summed E-state index contributed by atoms with van der Waals surface area (Å²) >= 11 is 0. The van der Waals surface area contributed by atoms with E-state index in [0.29, 0.717) is 0 Å². The summed E-state index contributed by atoms with van der Waals surface area (Å²) in [6.07, 6.45) is 5.51. The molecule has 0 bridgehead atoms. The molecule has 1 aliphatic rings. The van der Waals surface area contributed by atoms with Gasteiger partial charge in [-0.15, -0.1) is 0 Å². The van der Waals surface area contributed by atoms with E-state index in [1.807, 2.05) is 0 Å². The molecule has 1 N–H and O–H groups in total. The van der Waals surface area contributed by atoms with Gasteiger partial charge in [0, 0.05) is 0 Å². The van der Waals surface area contributed by atoms with Crippen LogP contribution in [0.2, 0.25) is 0 Å². The zero-order valence-corrected chi connectivity index (χ0v) is 7.06. The lowest BCUT2D eigenvalue weighted by Crippen LogP contribution is -2.36. The zero-order chi connectivity index (χ0) is 7.61. The SMILES string of the molecule is CC(C)CCC1(O)CCC1. The molecule has 0 unspecified atom stereocenters. The van der Waals surface area contributed by atoms with Crippen molar-refractivity contribution in [2.45, 2.75) is 51.6 Å². The highest BCUT2D eigenvalue weighted by molar-refractivity contribution is 4.87. The van der Waals surface area contributed by atoms with Gasteiger partial charge in [0.1, 0.15) is 0 Å². The lowest BCUT2D eigenvalue weighted by atomic mass is 9.76. The van der Waals surface area contributed by atoms with E-state index in [9.17, 15) is 5.11 Å². The van der Waals surface area contributed by atoms with Crippen LogP contribution in [0.1, 0.15) is 46.0 Å². The van der Waals surface area contributed by atoms with Gasteiger partial charge in [0.05, 0.1) is 5.60 Å². The quantitative estimate of drug-likeness (QED) is 0.641. The van der Waals surface area contributed by atoms with Gasteiger partial charge in [-0.1, -0.05) is 13.8 Å². The fourth-order valence-electron chi connectivity index (χ4n) is 1.39. The topological polar surface area (TPSA) is 20.2 Å². The van der Waals surface area contributed by atoms with Crippen LogP contribution < -0.4 is 0 Å². The first-order chi connectivity index (χ1) is 4.62. The normalized spacial score (nSPS) is 22.8. The Labute approximate surface area is 63.4 Å². The maximum absolute atomic E-state index is 9.66. The second-order valence-corrected chi connectivity index (χ2v) is 4.01. The summed E-state index contributed by atoms with van der Waals surface area (Å²) in [5.41, 5.74) is -0.246. The van der Waals surface area contributed by atoms with Crippen LogP contribution in [0.15, 0.2) is 0 Å². The van der Waals surface area contributed by atoms with E-state index in [1.165, 1.54) is 12.8 Å². The molecule has 1 fully saturated rings. The molecule has 10 heavy (non-hydrogen) atoms. The molecule has 1 rings (SSSR count). The molecule has 1 aliphatic carbocycles. The van der Waals surface area contributed by atoms with Crippen LogP contribution in [0, 0.1) is 5.92 Å². The second kappa shape index (κ2) is 2.91. The Hall–Kier alpha value is -0.0400. The van der Waals surface area contributed by atoms with Crippen molar-refractivity contribution in [3.63, 3.8) is 0 Å². The van der Waals surface area contributed by atoms with E-state index in [0.717, 1.165) is 25.2 Å². The van der Waals surface area contributed by atoms with Crippen molar-refractivity contribution in [2.24, 2.45) is 5.92 Å². The summed E-state index contributed by atoms with van der Waals surface area (Å²) in [5.74, 6) is 0.740. The van der Waals surface area contributed by atoms with Crippen molar-refractivity contribution < 1.29 is 5.11 Å². The Bertz CT molecular complexity index is 103. The second-order valence-electron chi connectivity index (χ2n) is 4.01. The largest absolute Gasteiger partial charge is 0.390 e. The van der Waals surface area contributed by atoms with Crippen molar-refractivity contribution in [1.29, 1.82) is 0 Å². The highest BCUT2D eigenvalue weighted by Gasteiger charge is 2.33. The molecular weight excluding hydrogens is 124 g/mol. The van der Waals surface area contributed by atoms with Gasteiger partial charge in [0.15, 0.2) is 0 Å². The average molecular weight is 142 g/mol. The number of hydrogen-bond donors (Lipinski definition) is 1. The van der Waals surface area contributed by atoms with Crippen molar-refractivity contribution in [3.8, 4) is 0 Å². The Balaban J connectivity index is 2.12. The Morgan fingerprint density at radius 3 is 2.30 bits per heavy atom. The minimum atomic E-state index is -0.246. The van der Waals surface area contributed by atoms with E-state index in [4.69, 9.17) is 0 Å². The summed E-state index contributed by atoms with van der Waals surface area (Å²) in [5, 5.41) is 9.66. The third-order valence-electron chi connectivity index (χ3n) is 2.47. The molecule has 0 aromatic carbocycles. The van der Waals surface area contributed by atoms with Gasteiger partial charge in [-0.25, -0.2) is 0 Å². The monoisotopic (exact) mass is 142 g/mol. The van der Waals surface area contributed by atoms with Crippen molar-refractivity contribution in [1.82, 2.24) is 0 Å². The fraction of sp³-hybridized carbons (Fsp3) is 1.00. The predicted octanol–water partition coefficient (Wildman–Crippen LogP) is 2.34. The molecule has 0 atom stereocenters. The first-order valence-corrected chi connectivity index (χ1v) is 4.35. The standard InChI is InChI=1S/C9H18O/c1-8(2)4-7-9(10)5-3-6-9/h8,10H,3-7H2,1-2H3. The van der Waals surface area contributed by atoms with Gasteiger partial charge in [0.2, 0.25) is 0 Å². The summed E-state index contributed by atoms with van der Waals surface area (Å²) in [6.45, 7) is 4.42. The van der Waals surface area contributed by atoms with E-state index in [1.54, 1.807) is 0 Å². The number of hydrogen-bond acceptors (Lipinski definition) is 1. The van der Waals surface area contributed by atoms with E-state index < -0.39 is 0 Å². The van der Waals surface area contributed by atoms with Gasteiger partial charge >= 0.3 is 0 Å². The molecule has 0 spiro atoms. The lowest BCUT2D eigenvalue weighted by Gasteiger charge is -2.37. The molecule has 0 aromatic heterocycles.